The predicted octanol–water partition coefficient (Wildman–Crippen LogP) is 2.10. The number of carboxylic acids is 1. The van der Waals surface area contributed by atoms with E-state index in [0.29, 0.717) is 11.5 Å². The predicted molar refractivity (Wildman–Crippen MR) is 67.5 cm³/mol. The van der Waals surface area contributed by atoms with Gasteiger partial charge in [-0.15, -0.1) is 0 Å². The Morgan fingerprint density at radius 2 is 2.35 bits per heavy atom. The van der Waals surface area contributed by atoms with E-state index in [4.69, 9.17) is 0 Å². The van der Waals surface area contributed by atoms with Gasteiger partial charge in [-0.3, -0.25) is 0 Å². The highest BCUT2D eigenvalue weighted by Crippen LogP contribution is 2.27. The fraction of sp³-hybridized carbons (Fsp3) is 0.500. The second kappa shape index (κ2) is 5.32. The molecule has 92 valence electrons. The molecule has 1 aliphatic carbocycles. The van der Waals surface area contributed by atoms with E-state index in [1.54, 1.807) is 6.07 Å². The first-order valence-electron chi connectivity index (χ1n) is 6.27. The molecule has 0 bridgehead atoms. The van der Waals surface area contributed by atoms with E-state index in [9.17, 15) is 9.90 Å². The van der Waals surface area contributed by atoms with E-state index in [0.717, 1.165) is 37.9 Å². The molecular formula is C14H19NO2. The fourth-order valence-electron chi connectivity index (χ4n) is 2.58. The summed E-state index contributed by atoms with van der Waals surface area (Å²) in [6, 6.07) is 5.63. The van der Waals surface area contributed by atoms with Gasteiger partial charge in [0, 0.05) is 0 Å². The smallest absolute Gasteiger partial charge is 0.335 e. The van der Waals surface area contributed by atoms with Crippen molar-refractivity contribution in [3.8, 4) is 0 Å². The number of hydrogen-bond donors (Lipinski definition) is 2. The third-order valence-corrected chi connectivity index (χ3v) is 3.50. The van der Waals surface area contributed by atoms with E-state index in [-0.39, 0.29) is 0 Å². The molecule has 3 nitrogen and oxygen atoms in total. The fourth-order valence-corrected chi connectivity index (χ4v) is 2.58. The highest BCUT2D eigenvalue weighted by atomic mass is 16.4. The number of aromatic carboxylic acids is 1. The summed E-state index contributed by atoms with van der Waals surface area (Å²) in [6.45, 7) is 4.06. The summed E-state index contributed by atoms with van der Waals surface area (Å²) in [5.74, 6) is -0.228. The van der Waals surface area contributed by atoms with Crippen LogP contribution in [0.4, 0.5) is 0 Å². The van der Waals surface area contributed by atoms with Gasteiger partial charge >= 0.3 is 5.97 Å². The van der Waals surface area contributed by atoms with Crippen molar-refractivity contribution in [1.82, 2.24) is 5.32 Å². The van der Waals surface area contributed by atoms with E-state index < -0.39 is 5.97 Å². The van der Waals surface area contributed by atoms with Crippen LogP contribution in [0.1, 0.15) is 34.8 Å². The summed E-state index contributed by atoms with van der Waals surface area (Å²) < 4.78 is 0. The summed E-state index contributed by atoms with van der Waals surface area (Å²) in [5, 5.41) is 12.5. The molecular weight excluding hydrogens is 214 g/mol. The molecule has 0 heterocycles. The van der Waals surface area contributed by atoms with Crippen LogP contribution in [0.2, 0.25) is 0 Å². The summed E-state index contributed by atoms with van der Waals surface area (Å²) >= 11 is 0. The number of carboxylic acid groups (broad SMARTS) is 1. The van der Waals surface area contributed by atoms with Crippen molar-refractivity contribution in [1.29, 1.82) is 0 Å². The lowest BCUT2D eigenvalue weighted by Gasteiger charge is -2.25. The van der Waals surface area contributed by atoms with E-state index in [1.807, 2.05) is 6.07 Å². The van der Waals surface area contributed by atoms with Crippen molar-refractivity contribution in [2.75, 3.05) is 13.1 Å². The van der Waals surface area contributed by atoms with Crippen LogP contribution in [0.3, 0.4) is 0 Å². The number of rotatable bonds is 4. The average Bonchev–Trinajstić information content (AvgIpc) is 2.35. The number of fused-ring (bicyclic) bond motifs is 1. The number of carbonyl (C=O) groups is 1. The molecule has 0 aromatic heterocycles. The minimum Gasteiger partial charge on any atom is -0.478 e. The van der Waals surface area contributed by atoms with Gasteiger partial charge in [-0.25, -0.2) is 4.79 Å². The van der Waals surface area contributed by atoms with Gasteiger partial charge in [0.2, 0.25) is 0 Å². The number of aryl methyl sites for hydroxylation is 1. The molecule has 0 fully saturated rings. The molecule has 0 spiro atoms. The Labute approximate surface area is 102 Å². The molecule has 0 radical (unpaired) electrons. The van der Waals surface area contributed by atoms with Gasteiger partial charge in [-0.05, 0) is 55.5 Å². The summed E-state index contributed by atoms with van der Waals surface area (Å²) in [7, 11) is 0. The first kappa shape index (κ1) is 12.1. The monoisotopic (exact) mass is 233 g/mol. The third kappa shape index (κ3) is 2.67. The molecule has 1 aliphatic rings. The molecule has 1 atom stereocenters. The Morgan fingerprint density at radius 1 is 1.53 bits per heavy atom. The van der Waals surface area contributed by atoms with Gasteiger partial charge in [0.25, 0.3) is 0 Å². The molecule has 0 saturated heterocycles. The van der Waals surface area contributed by atoms with Crippen molar-refractivity contribution >= 4 is 5.97 Å². The third-order valence-electron chi connectivity index (χ3n) is 3.50. The van der Waals surface area contributed by atoms with Gasteiger partial charge in [-0.1, -0.05) is 19.1 Å². The lowest BCUT2D eigenvalue weighted by atomic mass is 9.81. The highest BCUT2D eigenvalue weighted by Gasteiger charge is 2.22. The maximum atomic E-state index is 11.2. The van der Waals surface area contributed by atoms with Crippen molar-refractivity contribution < 1.29 is 9.90 Å². The summed E-state index contributed by atoms with van der Waals surface area (Å²) in [6.07, 6.45) is 3.06. The molecule has 17 heavy (non-hydrogen) atoms. The Morgan fingerprint density at radius 3 is 3.06 bits per heavy atom. The number of nitrogens with one attached hydrogen (secondary N) is 1. The van der Waals surface area contributed by atoms with Gasteiger partial charge in [0.1, 0.15) is 0 Å². The Hall–Kier alpha value is -1.35. The normalized spacial score (nSPS) is 18.8. The van der Waals surface area contributed by atoms with Crippen molar-refractivity contribution in [2.45, 2.75) is 26.2 Å². The standard InChI is InChI=1S/C14H19NO2/c1-2-15-9-10-6-7-11-4-3-5-12(14(16)17)13(11)8-10/h3-5,10,15H,2,6-9H2,1H3,(H,16,17). The van der Waals surface area contributed by atoms with Crippen LogP contribution in [0.25, 0.3) is 0 Å². The van der Waals surface area contributed by atoms with Crippen molar-refractivity contribution in [3.05, 3.63) is 34.9 Å². The molecule has 0 amide bonds. The van der Waals surface area contributed by atoms with E-state index >= 15 is 0 Å². The van der Waals surface area contributed by atoms with Crippen LogP contribution in [0.15, 0.2) is 18.2 Å². The van der Waals surface area contributed by atoms with Crippen LogP contribution in [-0.4, -0.2) is 24.2 Å². The Bertz CT molecular complexity index is 415. The molecule has 3 heteroatoms. The van der Waals surface area contributed by atoms with Crippen LogP contribution < -0.4 is 5.32 Å². The SMILES string of the molecule is CCNCC1CCc2cccc(C(=O)O)c2C1. The van der Waals surface area contributed by atoms with Gasteiger partial charge in [-0.2, -0.15) is 0 Å². The molecule has 2 rings (SSSR count). The van der Waals surface area contributed by atoms with Gasteiger partial charge in [0.05, 0.1) is 5.56 Å². The van der Waals surface area contributed by atoms with Crippen LogP contribution in [0.5, 0.6) is 0 Å². The molecule has 1 aromatic carbocycles. The highest BCUT2D eigenvalue weighted by molar-refractivity contribution is 5.89. The second-order valence-corrected chi connectivity index (χ2v) is 4.66. The summed E-state index contributed by atoms with van der Waals surface area (Å²) in [4.78, 5) is 11.2. The number of hydrogen-bond acceptors (Lipinski definition) is 2. The maximum absolute atomic E-state index is 11.2. The van der Waals surface area contributed by atoms with Crippen LogP contribution >= 0.6 is 0 Å². The zero-order valence-electron chi connectivity index (χ0n) is 10.2. The lowest BCUT2D eigenvalue weighted by molar-refractivity contribution is 0.0695. The zero-order valence-corrected chi connectivity index (χ0v) is 10.2. The van der Waals surface area contributed by atoms with Crippen molar-refractivity contribution in [2.24, 2.45) is 5.92 Å². The Kier molecular flexibility index (Phi) is 3.79. The van der Waals surface area contributed by atoms with Gasteiger partial charge in [0.15, 0.2) is 0 Å². The largest absolute Gasteiger partial charge is 0.478 e. The first-order chi connectivity index (χ1) is 8.22. The first-order valence-corrected chi connectivity index (χ1v) is 6.27. The second-order valence-electron chi connectivity index (χ2n) is 4.66. The van der Waals surface area contributed by atoms with Crippen LogP contribution in [-0.2, 0) is 12.8 Å². The number of benzene rings is 1. The van der Waals surface area contributed by atoms with E-state index in [1.165, 1.54) is 5.56 Å². The quantitative estimate of drug-likeness (QED) is 0.837. The van der Waals surface area contributed by atoms with Crippen molar-refractivity contribution in [3.63, 3.8) is 0 Å². The lowest BCUT2D eigenvalue weighted by Crippen LogP contribution is -2.28. The molecule has 2 N–H and O–H groups in total. The van der Waals surface area contributed by atoms with E-state index in [2.05, 4.69) is 18.3 Å². The Balaban J connectivity index is 2.20. The minimum absolute atomic E-state index is 0.490. The summed E-state index contributed by atoms with van der Waals surface area (Å²) in [5.41, 5.74) is 2.76. The maximum Gasteiger partial charge on any atom is 0.335 e. The topological polar surface area (TPSA) is 49.3 Å². The van der Waals surface area contributed by atoms with Crippen LogP contribution in [0, 0.1) is 5.92 Å². The zero-order chi connectivity index (χ0) is 12.3. The molecule has 0 aliphatic heterocycles. The molecule has 1 unspecified atom stereocenters. The average molecular weight is 233 g/mol. The van der Waals surface area contributed by atoms with Gasteiger partial charge < -0.3 is 10.4 Å². The minimum atomic E-state index is -0.800. The molecule has 1 aromatic rings. The molecule has 0 saturated carbocycles.